The van der Waals surface area contributed by atoms with Gasteiger partial charge < -0.3 is 16.3 Å². The average molecular weight is 221 g/mol. The number of nitrogens with zero attached hydrogens (tertiary/aromatic N) is 1. The zero-order valence-electron chi connectivity index (χ0n) is 9.32. The molecule has 0 fully saturated rings. The van der Waals surface area contributed by atoms with Crippen LogP contribution in [0, 0.1) is 13.8 Å². The fourth-order valence-electron chi connectivity index (χ4n) is 1.22. The van der Waals surface area contributed by atoms with E-state index in [-0.39, 0.29) is 18.2 Å². The number of rotatable bonds is 3. The van der Waals surface area contributed by atoms with E-state index in [0.29, 0.717) is 5.69 Å². The van der Waals surface area contributed by atoms with Gasteiger partial charge in [0.05, 0.1) is 6.42 Å². The van der Waals surface area contributed by atoms with E-state index in [1.54, 1.807) is 0 Å². The first-order valence-corrected chi connectivity index (χ1v) is 4.86. The second kappa shape index (κ2) is 5.16. The summed E-state index contributed by atoms with van der Waals surface area (Å²) in [5.74, 6) is -0.417. The molecule has 0 aromatic heterocycles. The fraction of sp³-hybridized carbons (Fsp3) is 0.273. The Balaban J connectivity index is 2.66. The van der Waals surface area contributed by atoms with Crippen LogP contribution in [0.3, 0.4) is 0 Å². The van der Waals surface area contributed by atoms with E-state index in [9.17, 15) is 4.79 Å². The van der Waals surface area contributed by atoms with Crippen LogP contribution in [0.2, 0.25) is 0 Å². The lowest BCUT2D eigenvalue weighted by Gasteiger charge is -2.07. The molecule has 0 aliphatic carbocycles. The van der Waals surface area contributed by atoms with E-state index < -0.39 is 0 Å². The smallest absolute Gasteiger partial charge is 0.232 e. The molecule has 0 unspecified atom stereocenters. The molecule has 5 heteroatoms. The van der Waals surface area contributed by atoms with Gasteiger partial charge in [0.1, 0.15) is 5.84 Å². The van der Waals surface area contributed by atoms with Crippen LogP contribution in [0.4, 0.5) is 5.69 Å². The van der Waals surface area contributed by atoms with Crippen molar-refractivity contribution in [1.82, 2.24) is 0 Å². The quantitative estimate of drug-likeness (QED) is 0.312. The minimum absolute atomic E-state index is 0.110. The topological polar surface area (TPSA) is 87.7 Å². The molecule has 4 N–H and O–H groups in total. The molecule has 1 aromatic rings. The molecule has 0 bridgehead atoms. The number of carbonyl (C=O) groups is 1. The molecule has 0 aliphatic heterocycles. The highest BCUT2D eigenvalue weighted by molar-refractivity contribution is 6.04. The van der Waals surface area contributed by atoms with Gasteiger partial charge in [0.15, 0.2) is 0 Å². The summed E-state index contributed by atoms with van der Waals surface area (Å²) in [6.45, 7) is 3.96. The number of amidine groups is 1. The van der Waals surface area contributed by atoms with Crippen molar-refractivity contribution in [3.63, 3.8) is 0 Å². The number of nitrogens with one attached hydrogen (secondary N) is 1. The fourth-order valence-corrected chi connectivity index (χ4v) is 1.22. The van der Waals surface area contributed by atoms with Crippen LogP contribution in [0.5, 0.6) is 0 Å². The van der Waals surface area contributed by atoms with Gasteiger partial charge >= 0.3 is 0 Å². The standard InChI is InChI=1S/C11H15N3O2/c1-7-3-4-9(5-8(7)2)13-11(15)6-10(12)14-16/h3-5,16H,6H2,1-2H3,(H2,12,14)(H,13,15). The molecule has 0 saturated heterocycles. The number of amides is 1. The Morgan fingerprint density at radius 1 is 1.44 bits per heavy atom. The Morgan fingerprint density at radius 3 is 2.69 bits per heavy atom. The summed E-state index contributed by atoms with van der Waals surface area (Å²) in [7, 11) is 0. The minimum atomic E-state index is -0.307. The van der Waals surface area contributed by atoms with Crippen molar-refractivity contribution < 1.29 is 10.0 Å². The Morgan fingerprint density at radius 2 is 2.12 bits per heavy atom. The monoisotopic (exact) mass is 221 g/mol. The van der Waals surface area contributed by atoms with Crippen molar-refractivity contribution >= 4 is 17.4 Å². The minimum Gasteiger partial charge on any atom is -0.409 e. The number of aryl methyl sites for hydroxylation is 2. The highest BCUT2D eigenvalue weighted by atomic mass is 16.4. The Labute approximate surface area is 94.0 Å². The molecule has 0 saturated carbocycles. The van der Waals surface area contributed by atoms with E-state index in [0.717, 1.165) is 11.1 Å². The van der Waals surface area contributed by atoms with Crippen molar-refractivity contribution in [2.75, 3.05) is 5.32 Å². The van der Waals surface area contributed by atoms with E-state index in [2.05, 4.69) is 10.5 Å². The van der Waals surface area contributed by atoms with Crippen molar-refractivity contribution in [1.29, 1.82) is 0 Å². The summed E-state index contributed by atoms with van der Waals surface area (Å²) >= 11 is 0. The lowest BCUT2D eigenvalue weighted by Crippen LogP contribution is -2.22. The summed E-state index contributed by atoms with van der Waals surface area (Å²) in [5, 5.41) is 13.7. The molecule has 86 valence electrons. The van der Waals surface area contributed by atoms with E-state index in [1.807, 2.05) is 32.0 Å². The van der Waals surface area contributed by atoms with Crippen LogP contribution in [-0.2, 0) is 4.79 Å². The Kier molecular flexibility index (Phi) is 3.88. The molecule has 5 nitrogen and oxygen atoms in total. The molecular formula is C11H15N3O2. The molecule has 1 aromatic carbocycles. The first-order chi connectivity index (χ1) is 7.52. The summed E-state index contributed by atoms with van der Waals surface area (Å²) in [4.78, 5) is 11.4. The maximum atomic E-state index is 11.4. The van der Waals surface area contributed by atoms with E-state index in [1.165, 1.54) is 0 Å². The zero-order chi connectivity index (χ0) is 12.1. The molecule has 0 heterocycles. The van der Waals surface area contributed by atoms with Crippen LogP contribution in [0.25, 0.3) is 0 Å². The number of hydrogen-bond acceptors (Lipinski definition) is 3. The average Bonchev–Trinajstić information content (AvgIpc) is 2.23. The summed E-state index contributed by atoms with van der Waals surface area (Å²) in [5.41, 5.74) is 8.19. The Bertz CT molecular complexity index is 427. The molecule has 1 amide bonds. The number of nitrogens with two attached hydrogens (primary N) is 1. The molecule has 0 radical (unpaired) electrons. The third kappa shape index (κ3) is 3.27. The normalized spacial score (nSPS) is 11.2. The summed E-state index contributed by atoms with van der Waals surface area (Å²) in [6, 6.07) is 5.61. The third-order valence-corrected chi connectivity index (χ3v) is 2.26. The van der Waals surface area contributed by atoms with Gasteiger partial charge in [-0.3, -0.25) is 4.79 Å². The maximum Gasteiger partial charge on any atom is 0.232 e. The first-order valence-electron chi connectivity index (χ1n) is 4.86. The molecule has 0 atom stereocenters. The highest BCUT2D eigenvalue weighted by Crippen LogP contribution is 2.14. The largest absolute Gasteiger partial charge is 0.409 e. The Hall–Kier alpha value is -2.04. The van der Waals surface area contributed by atoms with Crippen molar-refractivity contribution in [2.24, 2.45) is 10.9 Å². The van der Waals surface area contributed by atoms with Crippen molar-refractivity contribution in [2.45, 2.75) is 20.3 Å². The zero-order valence-corrected chi connectivity index (χ0v) is 9.32. The number of carbonyl (C=O) groups excluding carboxylic acids is 1. The maximum absolute atomic E-state index is 11.4. The summed E-state index contributed by atoms with van der Waals surface area (Å²) in [6.07, 6.45) is -0.122. The third-order valence-electron chi connectivity index (χ3n) is 2.26. The second-order valence-electron chi connectivity index (χ2n) is 3.62. The molecular weight excluding hydrogens is 206 g/mol. The van der Waals surface area contributed by atoms with Gasteiger partial charge in [-0.1, -0.05) is 11.2 Å². The SMILES string of the molecule is Cc1ccc(NC(=O)C/C(N)=N\O)cc1C. The van der Waals surface area contributed by atoms with Gasteiger partial charge in [0.2, 0.25) is 5.91 Å². The number of hydrogen-bond donors (Lipinski definition) is 3. The number of benzene rings is 1. The van der Waals surface area contributed by atoms with Gasteiger partial charge in [-0.05, 0) is 37.1 Å². The van der Waals surface area contributed by atoms with Crippen LogP contribution >= 0.6 is 0 Å². The number of anilines is 1. The van der Waals surface area contributed by atoms with Crippen LogP contribution in [-0.4, -0.2) is 17.0 Å². The molecule has 0 spiro atoms. The molecule has 1 rings (SSSR count). The number of oxime groups is 1. The van der Waals surface area contributed by atoms with Crippen molar-refractivity contribution in [3.05, 3.63) is 29.3 Å². The predicted molar refractivity (Wildman–Crippen MR) is 62.6 cm³/mol. The van der Waals surface area contributed by atoms with Crippen LogP contribution in [0.1, 0.15) is 17.5 Å². The summed E-state index contributed by atoms with van der Waals surface area (Å²) < 4.78 is 0. The van der Waals surface area contributed by atoms with Crippen molar-refractivity contribution in [3.8, 4) is 0 Å². The lowest BCUT2D eigenvalue weighted by atomic mass is 10.1. The second-order valence-corrected chi connectivity index (χ2v) is 3.62. The predicted octanol–water partition coefficient (Wildman–Crippen LogP) is 1.38. The first kappa shape index (κ1) is 12.0. The molecule has 16 heavy (non-hydrogen) atoms. The van der Waals surface area contributed by atoms with E-state index >= 15 is 0 Å². The van der Waals surface area contributed by atoms with Crippen LogP contribution < -0.4 is 11.1 Å². The molecule has 0 aliphatic rings. The van der Waals surface area contributed by atoms with Gasteiger partial charge in [-0.25, -0.2) is 0 Å². The van der Waals surface area contributed by atoms with Gasteiger partial charge in [-0.2, -0.15) is 0 Å². The lowest BCUT2D eigenvalue weighted by molar-refractivity contribution is -0.115. The van der Waals surface area contributed by atoms with Gasteiger partial charge in [0, 0.05) is 5.69 Å². The van der Waals surface area contributed by atoms with Crippen LogP contribution in [0.15, 0.2) is 23.4 Å². The highest BCUT2D eigenvalue weighted by Gasteiger charge is 2.05. The van der Waals surface area contributed by atoms with E-state index in [4.69, 9.17) is 10.9 Å². The van der Waals surface area contributed by atoms with Gasteiger partial charge in [-0.15, -0.1) is 0 Å². The van der Waals surface area contributed by atoms with Gasteiger partial charge in [0.25, 0.3) is 0 Å².